The van der Waals surface area contributed by atoms with Crippen molar-refractivity contribution in [3.05, 3.63) is 0 Å². The predicted molar refractivity (Wildman–Crippen MR) is 84.7 cm³/mol. The molecule has 0 aromatic rings. The summed E-state index contributed by atoms with van der Waals surface area (Å²) in [5, 5.41) is 5.64. The van der Waals surface area contributed by atoms with Crippen LogP contribution in [0.4, 0.5) is 0 Å². The summed E-state index contributed by atoms with van der Waals surface area (Å²) < 4.78 is 0. The molecule has 21 heavy (non-hydrogen) atoms. The first-order valence-electron chi connectivity index (χ1n) is 8.04. The topological polar surface area (TPSA) is 84.2 Å². The molecule has 0 bridgehead atoms. The minimum atomic E-state index is -0.495. The molecule has 3 atom stereocenters. The summed E-state index contributed by atoms with van der Waals surface area (Å²) >= 11 is 0. The van der Waals surface area contributed by atoms with Crippen molar-refractivity contribution in [1.29, 1.82) is 0 Å². The van der Waals surface area contributed by atoms with E-state index in [0.717, 1.165) is 25.7 Å². The van der Waals surface area contributed by atoms with Crippen molar-refractivity contribution < 1.29 is 9.59 Å². The second-order valence-electron chi connectivity index (χ2n) is 7.36. The molecule has 1 fully saturated rings. The van der Waals surface area contributed by atoms with Crippen LogP contribution in [-0.4, -0.2) is 29.4 Å². The number of amides is 2. The zero-order valence-corrected chi connectivity index (χ0v) is 13.9. The maximum atomic E-state index is 11.9. The van der Waals surface area contributed by atoms with Gasteiger partial charge < -0.3 is 16.4 Å². The van der Waals surface area contributed by atoms with E-state index in [4.69, 9.17) is 5.73 Å². The molecule has 1 rings (SSSR count). The molecular weight excluding hydrogens is 266 g/mol. The summed E-state index contributed by atoms with van der Waals surface area (Å²) in [6.45, 7) is 7.48. The zero-order valence-electron chi connectivity index (χ0n) is 13.9. The van der Waals surface area contributed by atoms with Crippen LogP contribution in [0.2, 0.25) is 0 Å². The standard InChI is InChI=1S/C16H31N3O2/c1-11(15(21)19-16(2,3)4)18-14(20)9-8-12-6-5-7-13(17)10-12/h11-13H,5-10,17H2,1-4H3,(H,18,20)(H,19,21). The molecule has 1 aliphatic rings. The smallest absolute Gasteiger partial charge is 0.242 e. The molecule has 122 valence electrons. The minimum absolute atomic E-state index is 0.0503. The molecule has 2 amide bonds. The molecule has 0 radical (unpaired) electrons. The minimum Gasteiger partial charge on any atom is -0.350 e. The normalized spacial score (nSPS) is 24.2. The quantitative estimate of drug-likeness (QED) is 0.722. The van der Waals surface area contributed by atoms with Gasteiger partial charge in [-0.15, -0.1) is 0 Å². The average molecular weight is 297 g/mol. The van der Waals surface area contributed by atoms with E-state index in [0.29, 0.717) is 18.4 Å². The average Bonchev–Trinajstić information content (AvgIpc) is 2.34. The van der Waals surface area contributed by atoms with Crippen LogP contribution in [0.15, 0.2) is 0 Å². The first-order chi connectivity index (χ1) is 9.67. The molecule has 0 spiro atoms. The molecule has 0 heterocycles. The van der Waals surface area contributed by atoms with Gasteiger partial charge in [0, 0.05) is 18.0 Å². The van der Waals surface area contributed by atoms with Crippen LogP contribution in [0.25, 0.3) is 0 Å². The van der Waals surface area contributed by atoms with Crippen molar-refractivity contribution in [3.8, 4) is 0 Å². The molecule has 4 N–H and O–H groups in total. The fourth-order valence-electron chi connectivity index (χ4n) is 2.79. The van der Waals surface area contributed by atoms with Gasteiger partial charge in [-0.1, -0.05) is 12.8 Å². The third-order valence-corrected chi connectivity index (χ3v) is 3.87. The van der Waals surface area contributed by atoms with Gasteiger partial charge in [0.15, 0.2) is 0 Å². The van der Waals surface area contributed by atoms with Crippen LogP contribution in [0.5, 0.6) is 0 Å². The molecule has 3 unspecified atom stereocenters. The third kappa shape index (κ3) is 7.46. The van der Waals surface area contributed by atoms with E-state index >= 15 is 0 Å². The van der Waals surface area contributed by atoms with Gasteiger partial charge in [0.2, 0.25) is 11.8 Å². The van der Waals surface area contributed by atoms with Gasteiger partial charge in [0.05, 0.1) is 0 Å². The molecular formula is C16H31N3O2. The summed E-state index contributed by atoms with van der Waals surface area (Å²) in [7, 11) is 0. The van der Waals surface area contributed by atoms with Crippen LogP contribution >= 0.6 is 0 Å². The van der Waals surface area contributed by atoms with Crippen LogP contribution < -0.4 is 16.4 Å². The van der Waals surface area contributed by atoms with Gasteiger partial charge in [-0.05, 0) is 52.9 Å². The van der Waals surface area contributed by atoms with Crippen molar-refractivity contribution >= 4 is 11.8 Å². The van der Waals surface area contributed by atoms with Crippen LogP contribution in [-0.2, 0) is 9.59 Å². The number of nitrogens with one attached hydrogen (secondary N) is 2. The van der Waals surface area contributed by atoms with Gasteiger partial charge in [-0.3, -0.25) is 9.59 Å². The first-order valence-corrected chi connectivity index (χ1v) is 8.04. The van der Waals surface area contributed by atoms with Crippen LogP contribution in [0, 0.1) is 5.92 Å². The molecule has 0 aliphatic heterocycles. The maximum absolute atomic E-state index is 11.9. The Morgan fingerprint density at radius 3 is 2.52 bits per heavy atom. The van der Waals surface area contributed by atoms with Gasteiger partial charge in [0.25, 0.3) is 0 Å². The molecule has 1 aliphatic carbocycles. The number of carbonyl (C=O) groups is 2. The van der Waals surface area contributed by atoms with Gasteiger partial charge in [-0.25, -0.2) is 0 Å². The molecule has 0 aromatic heterocycles. The Hall–Kier alpha value is -1.10. The van der Waals surface area contributed by atoms with Crippen molar-refractivity contribution in [2.75, 3.05) is 0 Å². The third-order valence-electron chi connectivity index (χ3n) is 3.87. The fraction of sp³-hybridized carbons (Fsp3) is 0.875. The highest BCUT2D eigenvalue weighted by Gasteiger charge is 2.22. The van der Waals surface area contributed by atoms with E-state index in [1.165, 1.54) is 6.42 Å². The predicted octanol–water partition coefficient (Wildman–Crippen LogP) is 1.70. The van der Waals surface area contributed by atoms with Crippen molar-refractivity contribution in [2.45, 2.75) is 83.8 Å². The Kier molecular flexibility index (Phi) is 6.65. The molecule has 0 saturated heterocycles. The number of rotatable bonds is 5. The summed E-state index contributed by atoms with van der Waals surface area (Å²) in [6.07, 6.45) is 5.80. The molecule has 1 saturated carbocycles. The SMILES string of the molecule is CC(NC(=O)CCC1CCCC(N)C1)C(=O)NC(C)(C)C. The Balaban J connectivity index is 2.28. The van der Waals surface area contributed by atoms with Gasteiger partial charge in [0.1, 0.15) is 6.04 Å². The Morgan fingerprint density at radius 1 is 1.29 bits per heavy atom. The van der Waals surface area contributed by atoms with Gasteiger partial charge >= 0.3 is 0 Å². The summed E-state index contributed by atoms with van der Waals surface area (Å²) in [5.41, 5.74) is 5.67. The number of hydrogen-bond acceptors (Lipinski definition) is 3. The molecule has 5 nitrogen and oxygen atoms in total. The highest BCUT2D eigenvalue weighted by molar-refractivity contribution is 5.87. The van der Waals surface area contributed by atoms with Crippen LogP contribution in [0.3, 0.4) is 0 Å². The van der Waals surface area contributed by atoms with Gasteiger partial charge in [-0.2, -0.15) is 0 Å². The summed E-state index contributed by atoms with van der Waals surface area (Å²) in [4.78, 5) is 23.8. The van der Waals surface area contributed by atoms with Crippen molar-refractivity contribution in [1.82, 2.24) is 10.6 Å². The molecule has 0 aromatic carbocycles. The van der Waals surface area contributed by atoms with E-state index in [1.54, 1.807) is 6.92 Å². The lowest BCUT2D eigenvalue weighted by molar-refractivity contribution is -0.129. The number of carbonyl (C=O) groups excluding carboxylic acids is 2. The van der Waals surface area contributed by atoms with E-state index in [9.17, 15) is 9.59 Å². The first kappa shape index (κ1) is 18.0. The monoisotopic (exact) mass is 297 g/mol. The molecule has 5 heteroatoms. The maximum Gasteiger partial charge on any atom is 0.242 e. The number of hydrogen-bond donors (Lipinski definition) is 3. The second kappa shape index (κ2) is 7.78. The largest absolute Gasteiger partial charge is 0.350 e. The van der Waals surface area contributed by atoms with E-state index in [-0.39, 0.29) is 17.4 Å². The highest BCUT2D eigenvalue weighted by atomic mass is 16.2. The van der Waals surface area contributed by atoms with E-state index in [1.807, 2.05) is 20.8 Å². The Bertz CT molecular complexity index is 363. The lowest BCUT2D eigenvalue weighted by Crippen LogP contribution is -2.50. The van der Waals surface area contributed by atoms with Crippen LogP contribution in [0.1, 0.15) is 66.2 Å². The fourth-order valence-corrected chi connectivity index (χ4v) is 2.79. The highest BCUT2D eigenvalue weighted by Crippen LogP contribution is 2.26. The lowest BCUT2D eigenvalue weighted by atomic mass is 9.83. The van der Waals surface area contributed by atoms with E-state index in [2.05, 4.69) is 10.6 Å². The van der Waals surface area contributed by atoms with E-state index < -0.39 is 6.04 Å². The summed E-state index contributed by atoms with van der Waals surface area (Å²) in [6, 6.07) is -0.200. The summed E-state index contributed by atoms with van der Waals surface area (Å²) in [5.74, 6) is 0.361. The van der Waals surface area contributed by atoms with Crippen molar-refractivity contribution in [2.24, 2.45) is 11.7 Å². The number of nitrogens with two attached hydrogens (primary N) is 1. The zero-order chi connectivity index (χ0) is 16.0. The Morgan fingerprint density at radius 2 is 1.95 bits per heavy atom. The Labute approximate surface area is 128 Å². The lowest BCUT2D eigenvalue weighted by Gasteiger charge is -2.26. The van der Waals surface area contributed by atoms with Crippen molar-refractivity contribution in [3.63, 3.8) is 0 Å². The second-order valence-corrected chi connectivity index (χ2v) is 7.36.